The van der Waals surface area contributed by atoms with E-state index in [2.05, 4.69) is 43.4 Å². The van der Waals surface area contributed by atoms with Crippen LogP contribution in [-0.2, 0) is 13.0 Å². The standard InChI is InChI=1S/C15H28N4/c1-5-14-10-19(8-11(2)3)15(17-14)18-7-6-13(9-18)12(4)16/h10-13H,5-9,16H2,1-4H3. The molecule has 0 radical (unpaired) electrons. The monoisotopic (exact) mass is 264 g/mol. The number of nitrogens with zero attached hydrogens (tertiary/aromatic N) is 3. The van der Waals surface area contributed by atoms with E-state index < -0.39 is 0 Å². The zero-order valence-corrected chi connectivity index (χ0v) is 12.8. The number of aromatic nitrogens is 2. The van der Waals surface area contributed by atoms with Gasteiger partial charge >= 0.3 is 0 Å². The third kappa shape index (κ3) is 3.30. The molecule has 1 aromatic heterocycles. The quantitative estimate of drug-likeness (QED) is 0.887. The second kappa shape index (κ2) is 5.95. The van der Waals surface area contributed by atoms with Gasteiger partial charge < -0.3 is 15.2 Å². The van der Waals surface area contributed by atoms with Crippen molar-refractivity contribution < 1.29 is 0 Å². The van der Waals surface area contributed by atoms with Gasteiger partial charge in [0.05, 0.1) is 5.69 Å². The molecule has 2 N–H and O–H groups in total. The van der Waals surface area contributed by atoms with Crippen LogP contribution in [0.15, 0.2) is 6.20 Å². The molecule has 2 rings (SSSR count). The Bertz CT molecular complexity index is 408. The second-order valence-electron chi connectivity index (χ2n) is 6.29. The van der Waals surface area contributed by atoms with Crippen LogP contribution in [0.5, 0.6) is 0 Å². The molecule has 2 atom stereocenters. The van der Waals surface area contributed by atoms with Gasteiger partial charge in [-0.15, -0.1) is 0 Å². The van der Waals surface area contributed by atoms with Crippen LogP contribution in [0.25, 0.3) is 0 Å². The molecule has 1 aliphatic heterocycles. The molecule has 0 saturated carbocycles. The number of aryl methyl sites for hydroxylation is 1. The van der Waals surface area contributed by atoms with E-state index in [0.29, 0.717) is 11.8 Å². The van der Waals surface area contributed by atoms with E-state index in [1.54, 1.807) is 0 Å². The minimum Gasteiger partial charge on any atom is -0.342 e. The minimum absolute atomic E-state index is 0.282. The molecule has 4 heteroatoms. The Balaban J connectivity index is 2.16. The molecule has 1 aromatic rings. The Morgan fingerprint density at radius 1 is 1.42 bits per heavy atom. The number of nitrogens with two attached hydrogens (primary N) is 1. The molecule has 0 aromatic carbocycles. The maximum atomic E-state index is 6.03. The minimum atomic E-state index is 0.282. The van der Waals surface area contributed by atoms with Gasteiger partial charge in [-0.1, -0.05) is 20.8 Å². The van der Waals surface area contributed by atoms with E-state index in [-0.39, 0.29) is 6.04 Å². The smallest absolute Gasteiger partial charge is 0.205 e. The summed E-state index contributed by atoms with van der Waals surface area (Å²) in [6, 6.07) is 0.282. The van der Waals surface area contributed by atoms with Crippen molar-refractivity contribution in [3.63, 3.8) is 0 Å². The summed E-state index contributed by atoms with van der Waals surface area (Å²) in [6.07, 6.45) is 4.41. The fourth-order valence-electron chi connectivity index (χ4n) is 2.81. The normalized spacial score (nSPS) is 21.4. The summed E-state index contributed by atoms with van der Waals surface area (Å²) >= 11 is 0. The fraction of sp³-hybridized carbons (Fsp3) is 0.800. The van der Waals surface area contributed by atoms with Gasteiger partial charge in [0, 0.05) is 31.9 Å². The van der Waals surface area contributed by atoms with E-state index in [1.807, 2.05) is 0 Å². The fourth-order valence-corrected chi connectivity index (χ4v) is 2.81. The Kier molecular flexibility index (Phi) is 4.50. The molecule has 0 aliphatic carbocycles. The van der Waals surface area contributed by atoms with Gasteiger partial charge in [0.1, 0.15) is 0 Å². The number of rotatable bonds is 5. The summed E-state index contributed by atoms with van der Waals surface area (Å²) in [7, 11) is 0. The highest BCUT2D eigenvalue weighted by Crippen LogP contribution is 2.25. The average molecular weight is 264 g/mol. The maximum absolute atomic E-state index is 6.03. The van der Waals surface area contributed by atoms with Crippen LogP contribution in [0.1, 0.15) is 39.8 Å². The van der Waals surface area contributed by atoms with Crippen molar-refractivity contribution in [2.24, 2.45) is 17.6 Å². The first kappa shape index (κ1) is 14.4. The van der Waals surface area contributed by atoms with Gasteiger partial charge in [-0.25, -0.2) is 4.98 Å². The van der Waals surface area contributed by atoms with E-state index in [1.165, 1.54) is 12.1 Å². The third-order valence-electron chi connectivity index (χ3n) is 3.98. The van der Waals surface area contributed by atoms with Gasteiger partial charge in [0.2, 0.25) is 5.95 Å². The molecular formula is C15H28N4. The van der Waals surface area contributed by atoms with Crippen molar-refractivity contribution >= 4 is 5.95 Å². The van der Waals surface area contributed by atoms with Crippen LogP contribution in [0.4, 0.5) is 5.95 Å². The lowest BCUT2D eigenvalue weighted by Gasteiger charge is -2.21. The SMILES string of the molecule is CCc1cn(CC(C)C)c(N2CCC(C(C)N)C2)n1. The summed E-state index contributed by atoms with van der Waals surface area (Å²) in [6.45, 7) is 12.0. The third-order valence-corrected chi connectivity index (χ3v) is 3.98. The molecule has 1 saturated heterocycles. The lowest BCUT2D eigenvalue weighted by Crippen LogP contribution is -2.30. The molecule has 0 spiro atoms. The van der Waals surface area contributed by atoms with Gasteiger partial charge in [0.25, 0.3) is 0 Å². The Morgan fingerprint density at radius 3 is 2.68 bits per heavy atom. The summed E-state index contributed by atoms with van der Waals surface area (Å²) in [5.74, 6) is 2.40. The first-order chi connectivity index (χ1) is 9.01. The lowest BCUT2D eigenvalue weighted by molar-refractivity contribution is 0.485. The van der Waals surface area contributed by atoms with Crippen LogP contribution in [0.3, 0.4) is 0 Å². The first-order valence-electron chi connectivity index (χ1n) is 7.57. The topological polar surface area (TPSA) is 47.1 Å². The number of anilines is 1. The van der Waals surface area contributed by atoms with Gasteiger partial charge in [-0.3, -0.25) is 0 Å². The van der Waals surface area contributed by atoms with Crippen molar-refractivity contribution in [3.05, 3.63) is 11.9 Å². The molecule has 1 fully saturated rings. The van der Waals surface area contributed by atoms with Crippen LogP contribution in [0, 0.1) is 11.8 Å². The highest BCUT2D eigenvalue weighted by atomic mass is 15.3. The molecule has 2 unspecified atom stereocenters. The second-order valence-corrected chi connectivity index (χ2v) is 6.29. The summed E-state index contributed by atoms with van der Waals surface area (Å²) in [5, 5.41) is 0. The number of imidazole rings is 1. The summed E-state index contributed by atoms with van der Waals surface area (Å²) in [5.41, 5.74) is 7.23. The maximum Gasteiger partial charge on any atom is 0.205 e. The van der Waals surface area contributed by atoms with Crippen molar-refractivity contribution in [1.29, 1.82) is 0 Å². The van der Waals surface area contributed by atoms with Crippen LogP contribution >= 0.6 is 0 Å². The van der Waals surface area contributed by atoms with E-state index in [9.17, 15) is 0 Å². The van der Waals surface area contributed by atoms with Crippen LogP contribution < -0.4 is 10.6 Å². The van der Waals surface area contributed by atoms with Crippen molar-refractivity contribution in [2.45, 2.75) is 53.1 Å². The van der Waals surface area contributed by atoms with Crippen molar-refractivity contribution in [2.75, 3.05) is 18.0 Å². The van der Waals surface area contributed by atoms with Crippen LogP contribution in [0.2, 0.25) is 0 Å². The predicted octanol–water partition coefficient (Wildman–Crippen LogP) is 2.28. The molecule has 1 aliphatic rings. The Hall–Kier alpha value is -1.03. The van der Waals surface area contributed by atoms with Gasteiger partial charge in [-0.05, 0) is 31.6 Å². The van der Waals surface area contributed by atoms with Crippen molar-refractivity contribution in [3.8, 4) is 0 Å². The molecule has 0 bridgehead atoms. The van der Waals surface area contributed by atoms with Gasteiger partial charge in [0.15, 0.2) is 0 Å². The largest absolute Gasteiger partial charge is 0.342 e. The summed E-state index contributed by atoms with van der Waals surface area (Å²) in [4.78, 5) is 7.22. The van der Waals surface area contributed by atoms with Crippen LogP contribution in [-0.4, -0.2) is 28.7 Å². The molecular weight excluding hydrogens is 236 g/mol. The number of hydrogen-bond donors (Lipinski definition) is 1. The molecule has 19 heavy (non-hydrogen) atoms. The molecule has 4 nitrogen and oxygen atoms in total. The molecule has 2 heterocycles. The zero-order valence-electron chi connectivity index (χ0n) is 12.8. The highest BCUT2D eigenvalue weighted by Gasteiger charge is 2.28. The van der Waals surface area contributed by atoms with Crippen molar-refractivity contribution in [1.82, 2.24) is 9.55 Å². The average Bonchev–Trinajstić information content (AvgIpc) is 2.93. The first-order valence-corrected chi connectivity index (χ1v) is 7.57. The van der Waals surface area contributed by atoms with Gasteiger partial charge in [-0.2, -0.15) is 0 Å². The molecule has 0 amide bonds. The number of hydrogen-bond acceptors (Lipinski definition) is 3. The molecule has 108 valence electrons. The lowest BCUT2D eigenvalue weighted by atomic mass is 10.0. The highest BCUT2D eigenvalue weighted by molar-refractivity contribution is 5.35. The zero-order chi connectivity index (χ0) is 14.0. The predicted molar refractivity (Wildman–Crippen MR) is 80.4 cm³/mol. The Labute approximate surface area is 117 Å². The Morgan fingerprint density at radius 2 is 2.16 bits per heavy atom. The van der Waals surface area contributed by atoms with E-state index >= 15 is 0 Å². The summed E-state index contributed by atoms with van der Waals surface area (Å²) < 4.78 is 2.33. The van der Waals surface area contributed by atoms with E-state index in [4.69, 9.17) is 10.7 Å². The van der Waals surface area contributed by atoms with E-state index in [0.717, 1.165) is 32.0 Å².